The number of rotatable bonds is 3. The molecule has 0 saturated carbocycles. The molecular weight excluding hydrogens is 368 g/mol. The number of aromatic amines is 1. The standard InChI is InChI=1S/C17H16N6O3S/c1-7-5-8(2)23-17(18-7)21-13(22-23)16(25)26-6-11-19-14(24)12-9(3)10(4)27-15(12)20-11/h5H,6H2,1-4H3,(H,19,20,24). The Hall–Kier alpha value is -3.14. The first-order valence-electron chi connectivity index (χ1n) is 8.20. The highest BCUT2D eigenvalue weighted by atomic mass is 32.1. The van der Waals surface area contributed by atoms with E-state index < -0.39 is 5.97 Å². The zero-order valence-electron chi connectivity index (χ0n) is 15.2. The van der Waals surface area contributed by atoms with Crippen molar-refractivity contribution in [3.05, 3.63) is 49.9 Å². The molecule has 10 heteroatoms. The van der Waals surface area contributed by atoms with Crippen LogP contribution in [0.1, 0.15) is 38.3 Å². The van der Waals surface area contributed by atoms with Gasteiger partial charge in [0.2, 0.25) is 0 Å². The van der Waals surface area contributed by atoms with E-state index in [0.29, 0.717) is 16.0 Å². The second kappa shape index (κ2) is 6.23. The van der Waals surface area contributed by atoms with Crippen molar-refractivity contribution in [2.75, 3.05) is 0 Å². The van der Waals surface area contributed by atoms with Crippen LogP contribution in [-0.2, 0) is 11.3 Å². The van der Waals surface area contributed by atoms with Gasteiger partial charge < -0.3 is 9.72 Å². The molecule has 0 bridgehead atoms. The van der Waals surface area contributed by atoms with Crippen molar-refractivity contribution in [3.8, 4) is 0 Å². The van der Waals surface area contributed by atoms with Crippen molar-refractivity contribution >= 4 is 33.3 Å². The quantitative estimate of drug-likeness (QED) is 0.537. The van der Waals surface area contributed by atoms with Crippen LogP contribution < -0.4 is 5.56 Å². The summed E-state index contributed by atoms with van der Waals surface area (Å²) in [4.78, 5) is 41.6. The summed E-state index contributed by atoms with van der Waals surface area (Å²) in [6.07, 6.45) is 0. The summed E-state index contributed by atoms with van der Waals surface area (Å²) in [6.45, 7) is 7.33. The number of H-pyrrole nitrogens is 1. The molecule has 0 spiro atoms. The normalized spacial score (nSPS) is 11.4. The summed E-state index contributed by atoms with van der Waals surface area (Å²) in [6, 6.07) is 1.84. The highest BCUT2D eigenvalue weighted by Crippen LogP contribution is 2.25. The van der Waals surface area contributed by atoms with Gasteiger partial charge in [-0.2, -0.15) is 4.98 Å². The van der Waals surface area contributed by atoms with Crippen LogP contribution in [0.25, 0.3) is 16.0 Å². The third-order valence-electron chi connectivity index (χ3n) is 4.23. The van der Waals surface area contributed by atoms with Gasteiger partial charge in [0.05, 0.1) is 5.39 Å². The van der Waals surface area contributed by atoms with Crippen molar-refractivity contribution in [1.82, 2.24) is 29.5 Å². The largest absolute Gasteiger partial charge is 0.452 e. The Balaban J connectivity index is 1.58. The van der Waals surface area contributed by atoms with Gasteiger partial charge in [0.1, 0.15) is 17.3 Å². The second-order valence-corrected chi connectivity index (χ2v) is 7.44. The molecule has 4 aromatic heterocycles. The van der Waals surface area contributed by atoms with Gasteiger partial charge in [-0.1, -0.05) is 0 Å². The van der Waals surface area contributed by atoms with Crippen molar-refractivity contribution in [2.45, 2.75) is 34.3 Å². The molecule has 27 heavy (non-hydrogen) atoms. The van der Waals surface area contributed by atoms with Crippen LogP contribution in [0.5, 0.6) is 0 Å². The minimum atomic E-state index is -0.709. The number of hydrogen-bond donors (Lipinski definition) is 1. The summed E-state index contributed by atoms with van der Waals surface area (Å²) in [5.41, 5.74) is 2.27. The number of esters is 1. The number of fused-ring (bicyclic) bond motifs is 2. The Kier molecular flexibility index (Phi) is 3.99. The molecular formula is C17H16N6O3S. The van der Waals surface area contributed by atoms with E-state index in [0.717, 1.165) is 21.8 Å². The van der Waals surface area contributed by atoms with Crippen molar-refractivity contribution < 1.29 is 9.53 Å². The molecule has 0 fully saturated rings. The molecule has 9 nitrogen and oxygen atoms in total. The zero-order valence-corrected chi connectivity index (χ0v) is 16.0. The van der Waals surface area contributed by atoms with Crippen LogP contribution in [0.3, 0.4) is 0 Å². The predicted molar refractivity (Wildman–Crippen MR) is 99.1 cm³/mol. The molecule has 0 aliphatic heterocycles. The molecule has 0 radical (unpaired) electrons. The Bertz CT molecular complexity index is 1270. The average molecular weight is 384 g/mol. The van der Waals surface area contributed by atoms with E-state index in [9.17, 15) is 9.59 Å². The van der Waals surface area contributed by atoms with Crippen LogP contribution in [0.2, 0.25) is 0 Å². The maximum atomic E-state index is 12.3. The molecule has 1 N–H and O–H groups in total. The van der Waals surface area contributed by atoms with Gasteiger partial charge in [0.25, 0.3) is 17.2 Å². The number of ether oxygens (including phenoxy) is 1. The van der Waals surface area contributed by atoms with Gasteiger partial charge in [0.15, 0.2) is 0 Å². The molecule has 0 atom stereocenters. The third-order valence-corrected chi connectivity index (χ3v) is 5.33. The van der Waals surface area contributed by atoms with Crippen LogP contribution in [0, 0.1) is 27.7 Å². The van der Waals surface area contributed by atoms with Crippen LogP contribution >= 0.6 is 11.3 Å². The highest BCUT2D eigenvalue weighted by Gasteiger charge is 2.18. The molecule has 138 valence electrons. The van der Waals surface area contributed by atoms with Gasteiger partial charge in [-0.15, -0.1) is 16.4 Å². The molecule has 4 aromatic rings. The van der Waals surface area contributed by atoms with E-state index in [-0.39, 0.29) is 23.8 Å². The average Bonchev–Trinajstić information content (AvgIpc) is 3.14. The molecule has 0 saturated heterocycles. The Labute approximate surface area is 157 Å². The number of hydrogen-bond acceptors (Lipinski definition) is 8. The van der Waals surface area contributed by atoms with Crippen molar-refractivity contribution in [3.63, 3.8) is 0 Å². The first-order chi connectivity index (χ1) is 12.8. The molecule has 0 unspecified atom stereocenters. The van der Waals surface area contributed by atoms with Gasteiger partial charge in [0, 0.05) is 16.3 Å². The lowest BCUT2D eigenvalue weighted by Crippen LogP contribution is -2.15. The van der Waals surface area contributed by atoms with Crippen LogP contribution in [0.4, 0.5) is 0 Å². The number of aromatic nitrogens is 6. The van der Waals surface area contributed by atoms with Crippen LogP contribution in [-0.4, -0.2) is 35.5 Å². The Morgan fingerprint density at radius 2 is 2.00 bits per heavy atom. The first kappa shape index (κ1) is 17.3. The predicted octanol–water partition coefficient (Wildman–Crippen LogP) is 2.01. The molecule has 0 aliphatic carbocycles. The lowest BCUT2D eigenvalue weighted by molar-refractivity contribution is 0.0448. The number of carbonyl (C=O) groups excluding carboxylic acids is 1. The third kappa shape index (κ3) is 2.97. The summed E-state index contributed by atoms with van der Waals surface area (Å²) < 4.78 is 6.70. The topological polar surface area (TPSA) is 115 Å². The maximum absolute atomic E-state index is 12.3. The van der Waals surface area contributed by atoms with Crippen molar-refractivity contribution in [2.24, 2.45) is 0 Å². The number of nitrogens with zero attached hydrogens (tertiary/aromatic N) is 5. The minimum Gasteiger partial charge on any atom is -0.452 e. The molecule has 0 amide bonds. The van der Waals surface area contributed by atoms with E-state index in [1.165, 1.54) is 15.9 Å². The Morgan fingerprint density at radius 1 is 1.22 bits per heavy atom. The van der Waals surface area contributed by atoms with Gasteiger partial charge >= 0.3 is 5.97 Å². The number of carbonyl (C=O) groups is 1. The number of aryl methyl sites for hydroxylation is 4. The fraction of sp³-hybridized carbons (Fsp3) is 0.294. The molecule has 0 aliphatic rings. The van der Waals surface area contributed by atoms with E-state index >= 15 is 0 Å². The number of nitrogens with one attached hydrogen (secondary N) is 1. The fourth-order valence-electron chi connectivity index (χ4n) is 2.82. The van der Waals surface area contributed by atoms with Gasteiger partial charge in [-0.25, -0.2) is 19.3 Å². The molecule has 0 aromatic carbocycles. The molecule has 4 rings (SSSR count). The fourth-order valence-corrected chi connectivity index (χ4v) is 3.87. The van der Waals surface area contributed by atoms with Crippen molar-refractivity contribution in [1.29, 1.82) is 0 Å². The van der Waals surface area contributed by atoms with E-state index in [1.54, 1.807) is 0 Å². The summed E-state index contributed by atoms with van der Waals surface area (Å²) in [7, 11) is 0. The lowest BCUT2D eigenvalue weighted by atomic mass is 10.2. The second-order valence-electron chi connectivity index (χ2n) is 6.24. The van der Waals surface area contributed by atoms with Crippen LogP contribution in [0.15, 0.2) is 10.9 Å². The smallest absolute Gasteiger partial charge is 0.378 e. The summed E-state index contributed by atoms with van der Waals surface area (Å²) in [5, 5.41) is 4.70. The van der Waals surface area contributed by atoms with E-state index in [2.05, 4.69) is 25.0 Å². The van der Waals surface area contributed by atoms with E-state index in [1.807, 2.05) is 33.8 Å². The maximum Gasteiger partial charge on any atom is 0.378 e. The number of thiophene rings is 1. The first-order valence-corrected chi connectivity index (χ1v) is 9.02. The lowest BCUT2D eigenvalue weighted by Gasteiger charge is -2.02. The summed E-state index contributed by atoms with van der Waals surface area (Å²) >= 11 is 1.44. The van der Waals surface area contributed by atoms with Gasteiger partial charge in [-0.3, -0.25) is 4.79 Å². The molecule has 4 heterocycles. The van der Waals surface area contributed by atoms with Gasteiger partial charge in [-0.05, 0) is 39.3 Å². The Morgan fingerprint density at radius 3 is 2.78 bits per heavy atom. The highest BCUT2D eigenvalue weighted by molar-refractivity contribution is 7.18. The van der Waals surface area contributed by atoms with E-state index in [4.69, 9.17) is 4.74 Å². The minimum absolute atomic E-state index is 0.0950. The summed E-state index contributed by atoms with van der Waals surface area (Å²) in [5.74, 6) is -0.200. The monoisotopic (exact) mass is 384 g/mol. The zero-order chi connectivity index (χ0) is 19.3. The SMILES string of the molecule is Cc1cc(C)n2nc(C(=O)OCc3nc4sc(C)c(C)c4c(=O)[nH]3)nc2n1.